The molecule has 0 saturated carbocycles. The maximum Gasteiger partial charge on any atom is 0.264 e. The summed E-state index contributed by atoms with van der Waals surface area (Å²) in [5, 5.41) is 0. The zero-order chi connectivity index (χ0) is 19.1. The number of fused-ring (bicyclic) bond motifs is 2. The van der Waals surface area contributed by atoms with E-state index in [0.29, 0.717) is 12.2 Å². The number of hydrogen-bond acceptors (Lipinski definition) is 3. The Morgan fingerprint density at radius 1 is 1.11 bits per heavy atom. The monoisotopic (exact) mass is 386 g/mol. The van der Waals surface area contributed by atoms with Gasteiger partial charge in [-0.05, 0) is 61.8 Å². The van der Waals surface area contributed by atoms with Gasteiger partial charge in [-0.25, -0.2) is 12.8 Å². The third-order valence-corrected chi connectivity index (χ3v) is 7.55. The largest absolute Gasteiger partial charge is 0.300 e. The molecule has 2 aromatic carbocycles. The van der Waals surface area contributed by atoms with Gasteiger partial charge in [0.25, 0.3) is 10.0 Å². The zero-order valence-corrected chi connectivity index (χ0v) is 16.0. The molecule has 1 fully saturated rings. The first-order chi connectivity index (χ1) is 13.0. The molecule has 6 heteroatoms. The van der Waals surface area contributed by atoms with Crippen molar-refractivity contribution < 1.29 is 12.8 Å². The van der Waals surface area contributed by atoms with Crippen LogP contribution in [0, 0.1) is 5.82 Å². The van der Waals surface area contributed by atoms with Crippen molar-refractivity contribution in [1.29, 1.82) is 0 Å². The quantitative estimate of drug-likeness (QED) is 0.755. The van der Waals surface area contributed by atoms with Gasteiger partial charge in [0.1, 0.15) is 5.82 Å². The molecule has 0 radical (unpaired) electrons. The van der Waals surface area contributed by atoms with E-state index in [2.05, 4.69) is 11.5 Å². The molecule has 4 rings (SSSR count). The topological polar surface area (TPSA) is 40.6 Å². The molecule has 2 aliphatic heterocycles. The molecule has 0 aromatic heterocycles. The van der Waals surface area contributed by atoms with Gasteiger partial charge in [0.2, 0.25) is 0 Å². The Bertz CT molecular complexity index is 951. The third-order valence-electron chi connectivity index (χ3n) is 5.78. The molecule has 27 heavy (non-hydrogen) atoms. The first kappa shape index (κ1) is 18.2. The molecule has 1 spiro atoms. The van der Waals surface area contributed by atoms with E-state index in [0.717, 1.165) is 38.0 Å². The Morgan fingerprint density at radius 3 is 2.48 bits per heavy atom. The van der Waals surface area contributed by atoms with Crippen LogP contribution in [-0.4, -0.2) is 39.5 Å². The lowest BCUT2D eigenvalue weighted by Crippen LogP contribution is -2.46. The van der Waals surface area contributed by atoms with Gasteiger partial charge in [-0.3, -0.25) is 9.21 Å². The van der Waals surface area contributed by atoms with Crippen LogP contribution in [0.25, 0.3) is 0 Å². The van der Waals surface area contributed by atoms with Gasteiger partial charge >= 0.3 is 0 Å². The fourth-order valence-corrected chi connectivity index (χ4v) is 5.89. The van der Waals surface area contributed by atoms with Gasteiger partial charge < -0.3 is 0 Å². The molecule has 142 valence electrons. The van der Waals surface area contributed by atoms with E-state index >= 15 is 0 Å². The fourth-order valence-electron chi connectivity index (χ4n) is 4.30. The van der Waals surface area contributed by atoms with Crippen LogP contribution in [0.4, 0.5) is 10.1 Å². The lowest BCUT2D eigenvalue weighted by molar-refractivity contribution is 0.182. The van der Waals surface area contributed by atoms with Crippen LogP contribution in [-0.2, 0) is 15.4 Å². The highest BCUT2D eigenvalue weighted by molar-refractivity contribution is 7.92. The lowest BCUT2D eigenvalue weighted by Gasteiger charge is -2.39. The lowest BCUT2D eigenvalue weighted by atomic mass is 9.74. The summed E-state index contributed by atoms with van der Waals surface area (Å²) in [6.07, 6.45) is 3.49. The standard InChI is InChI=1S/C21H23FN2O2S/c1-2-12-23-13-10-21(11-14-23)16-24(20-9-8-17(22)15-19(20)21)27(25,26)18-6-4-3-5-7-18/h2-9,15H,1,10-14,16H2. The molecule has 2 aliphatic rings. The number of hydrogen-bond donors (Lipinski definition) is 0. The summed E-state index contributed by atoms with van der Waals surface area (Å²) in [6.45, 7) is 6.67. The Kier molecular flexibility index (Phi) is 4.56. The minimum Gasteiger partial charge on any atom is -0.300 e. The van der Waals surface area contributed by atoms with Crippen molar-refractivity contribution in [2.75, 3.05) is 30.5 Å². The van der Waals surface area contributed by atoms with Crippen LogP contribution in [0.15, 0.2) is 66.1 Å². The van der Waals surface area contributed by atoms with E-state index in [1.54, 1.807) is 36.4 Å². The maximum absolute atomic E-state index is 14.1. The molecule has 2 heterocycles. The second kappa shape index (κ2) is 6.77. The summed E-state index contributed by atoms with van der Waals surface area (Å²) in [5.41, 5.74) is 1.09. The molecule has 0 unspecified atom stereocenters. The van der Waals surface area contributed by atoms with Crippen molar-refractivity contribution in [2.45, 2.75) is 23.2 Å². The average Bonchev–Trinajstić information content (AvgIpc) is 2.99. The molecule has 4 nitrogen and oxygen atoms in total. The van der Waals surface area contributed by atoms with Gasteiger partial charge in [-0.1, -0.05) is 24.3 Å². The zero-order valence-electron chi connectivity index (χ0n) is 15.1. The third kappa shape index (κ3) is 3.07. The van der Waals surface area contributed by atoms with Gasteiger partial charge in [-0.15, -0.1) is 6.58 Å². The molecular formula is C21H23FN2O2S. The molecule has 0 N–H and O–H groups in total. The number of benzene rings is 2. The van der Waals surface area contributed by atoms with Crippen LogP contribution in [0.2, 0.25) is 0 Å². The van der Waals surface area contributed by atoms with E-state index in [4.69, 9.17) is 0 Å². The molecule has 2 aromatic rings. The van der Waals surface area contributed by atoms with Crippen LogP contribution in [0.3, 0.4) is 0 Å². The van der Waals surface area contributed by atoms with Crippen molar-refractivity contribution in [3.05, 3.63) is 72.6 Å². The first-order valence-electron chi connectivity index (χ1n) is 9.17. The minimum atomic E-state index is -3.68. The van der Waals surface area contributed by atoms with Crippen molar-refractivity contribution in [3.63, 3.8) is 0 Å². The van der Waals surface area contributed by atoms with Crippen LogP contribution in [0.1, 0.15) is 18.4 Å². The van der Waals surface area contributed by atoms with Crippen molar-refractivity contribution in [2.24, 2.45) is 0 Å². The number of piperidine rings is 1. The Balaban J connectivity index is 1.74. The smallest absolute Gasteiger partial charge is 0.264 e. The number of nitrogens with zero attached hydrogens (tertiary/aromatic N) is 2. The molecule has 1 saturated heterocycles. The number of likely N-dealkylation sites (tertiary alicyclic amines) is 1. The van der Waals surface area contributed by atoms with Crippen LogP contribution in [0.5, 0.6) is 0 Å². The molecule has 0 aliphatic carbocycles. The molecule has 0 amide bonds. The minimum absolute atomic E-state index is 0.265. The van der Waals surface area contributed by atoms with Crippen molar-refractivity contribution in [3.8, 4) is 0 Å². The normalized spacial score (nSPS) is 19.2. The first-order valence-corrected chi connectivity index (χ1v) is 10.6. The number of halogens is 1. The van der Waals surface area contributed by atoms with E-state index in [1.165, 1.54) is 16.4 Å². The molecule has 0 atom stereocenters. The van der Waals surface area contributed by atoms with E-state index in [1.807, 2.05) is 6.08 Å². The van der Waals surface area contributed by atoms with Crippen LogP contribution < -0.4 is 4.31 Å². The van der Waals surface area contributed by atoms with Gasteiger partial charge in [0.05, 0.1) is 10.6 Å². The number of anilines is 1. The van der Waals surface area contributed by atoms with E-state index in [9.17, 15) is 12.8 Å². The summed E-state index contributed by atoms with van der Waals surface area (Å²) >= 11 is 0. The average molecular weight is 386 g/mol. The highest BCUT2D eigenvalue weighted by Crippen LogP contribution is 2.49. The fraction of sp³-hybridized carbons (Fsp3) is 0.333. The highest BCUT2D eigenvalue weighted by atomic mass is 32.2. The van der Waals surface area contributed by atoms with E-state index < -0.39 is 10.0 Å². The Morgan fingerprint density at radius 2 is 1.81 bits per heavy atom. The summed E-state index contributed by atoms with van der Waals surface area (Å²) in [4.78, 5) is 2.56. The van der Waals surface area contributed by atoms with Crippen LogP contribution >= 0.6 is 0 Å². The molecule has 0 bridgehead atoms. The van der Waals surface area contributed by atoms with Crippen molar-refractivity contribution in [1.82, 2.24) is 4.90 Å². The SMILES string of the molecule is C=CCN1CCC2(CC1)CN(S(=O)(=O)c1ccccc1)c1ccc(F)cc12. The van der Waals surface area contributed by atoms with Gasteiger partial charge in [-0.2, -0.15) is 0 Å². The predicted molar refractivity (Wildman–Crippen MR) is 105 cm³/mol. The van der Waals surface area contributed by atoms with E-state index in [-0.39, 0.29) is 16.1 Å². The highest BCUT2D eigenvalue weighted by Gasteiger charge is 2.48. The second-order valence-electron chi connectivity index (χ2n) is 7.36. The number of rotatable bonds is 4. The summed E-state index contributed by atoms with van der Waals surface area (Å²) in [6, 6.07) is 12.9. The summed E-state index contributed by atoms with van der Waals surface area (Å²) < 4.78 is 42.1. The summed E-state index contributed by atoms with van der Waals surface area (Å²) in [5.74, 6) is -0.319. The molecular weight excluding hydrogens is 363 g/mol. The second-order valence-corrected chi connectivity index (χ2v) is 9.22. The van der Waals surface area contributed by atoms with Gasteiger partial charge in [0.15, 0.2) is 0 Å². The van der Waals surface area contributed by atoms with Gasteiger partial charge in [0, 0.05) is 18.5 Å². The Labute approximate surface area is 160 Å². The maximum atomic E-state index is 14.1. The number of sulfonamides is 1. The predicted octanol–water partition coefficient (Wildman–Crippen LogP) is 3.55. The summed E-state index contributed by atoms with van der Waals surface area (Å²) in [7, 11) is -3.68. The van der Waals surface area contributed by atoms with Crippen molar-refractivity contribution >= 4 is 15.7 Å². The Hall–Kier alpha value is -2.18.